The van der Waals surface area contributed by atoms with Gasteiger partial charge < -0.3 is 14.5 Å². The van der Waals surface area contributed by atoms with Crippen LogP contribution in [0.15, 0.2) is 18.2 Å². The zero-order chi connectivity index (χ0) is 16.1. The van der Waals surface area contributed by atoms with Crippen LogP contribution >= 0.6 is 11.6 Å². The number of carbonyl (C=O) groups excluding carboxylic acids is 2. The summed E-state index contributed by atoms with van der Waals surface area (Å²) in [4.78, 5) is 26.8. The van der Waals surface area contributed by atoms with Crippen molar-refractivity contribution in [3.05, 3.63) is 18.2 Å². The Bertz CT molecular complexity index is 627. The van der Waals surface area contributed by atoms with Gasteiger partial charge in [0.05, 0.1) is 24.7 Å². The lowest BCUT2D eigenvalue weighted by Crippen LogP contribution is -2.37. The van der Waals surface area contributed by atoms with Crippen molar-refractivity contribution < 1.29 is 14.3 Å². The lowest BCUT2D eigenvalue weighted by Gasteiger charge is -2.30. The summed E-state index contributed by atoms with van der Waals surface area (Å²) in [7, 11) is 0. The van der Waals surface area contributed by atoms with Crippen LogP contribution in [0.4, 0.5) is 11.4 Å². The highest BCUT2D eigenvalue weighted by atomic mass is 35.5. The monoisotopic (exact) mass is 321 g/mol. The molecule has 0 aromatic heterocycles. The highest BCUT2D eigenvalue weighted by Crippen LogP contribution is 2.35. The molecule has 1 heterocycles. The van der Waals surface area contributed by atoms with E-state index in [0.29, 0.717) is 30.3 Å². The molecule has 0 saturated heterocycles. The van der Waals surface area contributed by atoms with Gasteiger partial charge in [0.1, 0.15) is 18.2 Å². The maximum atomic E-state index is 12.0. The molecule has 0 fully saturated rings. The average molecular weight is 322 g/mol. The Kier molecular flexibility index (Phi) is 5.23. The van der Waals surface area contributed by atoms with E-state index in [1.165, 1.54) is 11.8 Å². The van der Waals surface area contributed by atoms with Crippen LogP contribution in [0, 0.1) is 11.3 Å². The minimum atomic E-state index is -0.289. The molecule has 7 heteroatoms. The van der Waals surface area contributed by atoms with E-state index in [1.54, 1.807) is 23.1 Å². The van der Waals surface area contributed by atoms with Gasteiger partial charge in [-0.2, -0.15) is 5.26 Å². The number of ether oxygens (including phenoxy) is 1. The summed E-state index contributed by atoms with van der Waals surface area (Å²) in [5.74, 6) is 0.0516. The molecule has 2 amide bonds. The SMILES string of the molecule is CC(=O)N1CCOc2ccc(N(CCC#N)C(=O)CCl)cc21. The summed E-state index contributed by atoms with van der Waals surface area (Å²) in [6.45, 7) is 2.64. The molecule has 1 aromatic carbocycles. The average Bonchev–Trinajstić information content (AvgIpc) is 2.53. The van der Waals surface area contributed by atoms with Gasteiger partial charge in [-0.05, 0) is 18.2 Å². The van der Waals surface area contributed by atoms with Crippen molar-refractivity contribution in [1.29, 1.82) is 5.26 Å². The summed E-state index contributed by atoms with van der Waals surface area (Å²) in [6.07, 6.45) is 0.201. The van der Waals surface area contributed by atoms with Gasteiger partial charge in [-0.15, -0.1) is 11.6 Å². The summed E-state index contributed by atoms with van der Waals surface area (Å²) in [5.41, 5.74) is 1.22. The van der Waals surface area contributed by atoms with Crippen LogP contribution in [0.2, 0.25) is 0 Å². The van der Waals surface area contributed by atoms with Gasteiger partial charge in [0.2, 0.25) is 11.8 Å². The largest absolute Gasteiger partial charge is 0.490 e. The second-order valence-corrected chi connectivity index (χ2v) is 5.03. The van der Waals surface area contributed by atoms with E-state index in [-0.39, 0.29) is 30.7 Å². The summed E-state index contributed by atoms with van der Waals surface area (Å²) >= 11 is 5.63. The molecule has 0 atom stereocenters. The fourth-order valence-electron chi connectivity index (χ4n) is 2.33. The third-order valence-electron chi connectivity index (χ3n) is 3.36. The second-order valence-electron chi connectivity index (χ2n) is 4.76. The quantitative estimate of drug-likeness (QED) is 0.794. The molecule has 116 valence electrons. The van der Waals surface area contributed by atoms with Gasteiger partial charge in [-0.3, -0.25) is 9.59 Å². The van der Waals surface area contributed by atoms with Crippen LogP contribution < -0.4 is 14.5 Å². The van der Waals surface area contributed by atoms with E-state index < -0.39 is 0 Å². The third kappa shape index (κ3) is 3.31. The van der Waals surface area contributed by atoms with Crippen molar-refractivity contribution in [1.82, 2.24) is 0 Å². The molecule has 0 bridgehead atoms. The zero-order valence-corrected chi connectivity index (χ0v) is 13.0. The van der Waals surface area contributed by atoms with Gasteiger partial charge in [0.25, 0.3) is 0 Å². The van der Waals surface area contributed by atoms with Crippen molar-refractivity contribution in [2.24, 2.45) is 0 Å². The lowest BCUT2D eigenvalue weighted by molar-refractivity contribution is -0.117. The van der Waals surface area contributed by atoms with Crippen LogP contribution in [0.1, 0.15) is 13.3 Å². The number of halogens is 1. The predicted octanol–water partition coefficient (Wildman–Crippen LogP) is 1.92. The fourth-order valence-corrected chi connectivity index (χ4v) is 2.48. The Morgan fingerprint density at radius 1 is 1.50 bits per heavy atom. The highest BCUT2D eigenvalue weighted by Gasteiger charge is 2.23. The summed E-state index contributed by atoms with van der Waals surface area (Å²) in [6, 6.07) is 7.18. The minimum Gasteiger partial charge on any atom is -0.490 e. The molecule has 0 saturated carbocycles. The van der Waals surface area contributed by atoms with E-state index >= 15 is 0 Å². The topological polar surface area (TPSA) is 73.6 Å². The van der Waals surface area contributed by atoms with Crippen molar-refractivity contribution in [3.63, 3.8) is 0 Å². The Hall–Kier alpha value is -2.26. The number of hydrogen-bond acceptors (Lipinski definition) is 4. The molecule has 1 aliphatic rings. The van der Waals surface area contributed by atoms with E-state index in [9.17, 15) is 9.59 Å². The maximum absolute atomic E-state index is 12.0. The smallest absolute Gasteiger partial charge is 0.241 e. The number of rotatable bonds is 4. The molecule has 0 radical (unpaired) electrons. The first kappa shape index (κ1) is 16.1. The number of alkyl halides is 1. The Labute approximate surface area is 133 Å². The van der Waals surface area contributed by atoms with Crippen molar-refractivity contribution >= 4 is 34.8 Å². The van der Waals surface area contributed by atoms with Gasteiger partial charge in [0.15, 0.2) is 0 Å². The number of amides is 2. The van der Waals surface area contributed by atoms with E-state index in [2.05, 4.69) is 0 Å². The second kappa shape index (κ2) is 7.14. The number of benzene rings is 1. The van der Waals surface area contributed by atoms with Crippen LogP contribution in [0.3, 0.4) is 0 Å². The van der Waals surface area contributed by atoms with Gasteiger partial charge >= 0.3 is 0 Å². The standard InChI is InChI=1S/C15H16ClN3O3/c1-11(20)18-7-8-22-14-4-3-12(9-13(14)18)19(6-2-5-17)15(21)10-16/h3-4,9H,2,6-8,10H2,1H3. The molecule has 1 aliphatic heterocycles. The zero-order valence-electron chi connectivity index (χ0n) is 12.2. The first-order chi connectivity index (χ1) is 10.6. The first-order valence-electron chi connectivity index (χ1n) is 6.86. The molecule has 0 spiro atoms. The van der Waals surface area contributed by atoms with Crippen molar-refractivity contribution in [2.75, 3.05) is 35.4 Å². The van der Waals surface area contributed by atoms with E-state index in [0.717, 1.165) is 0 Å². The minimum absolute atomic E-state index is 0.0889. The van der Waals surface area contributed by atoms with Crippen molar-refractivity contribution in [2.45, 2.75) is 13.3 Å². The van der Waals surface area contributed by atoms with Crippen LogP contribution in [-0.2, 0) is 9.59 Å². The third-order valence-corrected chi connectivity index (χ3v) is 3.59. The predicted molar refractivity (Wildman–Crippen MR) is 83.3 cm³/mol. The molecule has 1 aromatic rings. The molecule has 2 rings (SSSR count). The number of anilines is 2. The first-order valence-corrected chi connectivity index (χ1v) is 7.40. The molecule has 6 nitrogen and oxygen atoms in total. The molecule has 22 heavy (non-hydrogen) atoms. The number of hydrogen-bond donors (Lipinski definition) is 0. The lowest BCUT2D eigenvalue weighted by atomic mass is 10.2. The number of nitrogens with zero attached hydrogens (tertiary/aromatic N) is 3. The Morgan fingerprint density at radius 2 is 2.27 bits per heavy atom. The van der Waals surface area contributed by atoms with Gasteiger partial charge in [-0.25, -0.2) is 0 Å². The molecular formula is C15H16ClN3O3. The van der Waals surface area contributed by atoms with Crippen LogP contribution in [-0.4, -0.2) is 37.4 Å². The molecular weight excluding hydrogens is 306 g/mol. The number of fused-ring (bicyclic) bond motifs is 1. The van der Waals surface area contributed by atoms with E-state index in [1.807, 2.05) is 6.07 Å². The number of nitriles is 1. The Morgan fingerprint density at radius 3 is 2.91 bits per heavy atom. The fraction of sp³-hybridized carbons (Fsp3) is 0.400. The molecule has 0 N–H and O–H groups in total. The summed E-state index contributed by atoms with van der Waals surface area (Å²) in [5, 5.41) is 8.73. The highest BCUT2D eigenvalue weighted by molar-refractivity contribution is 6.29. The normalized spacial score (nSPS) is 12.9. The maximum Gasteiger partial charge on any atom is 0.241 e. The van der Waals surface area contributed by atoms with Crippen molar-refractivity contribution in [3.8, 4) is 11.8 Å². The Balaban J connectivity index is 2.38. The summed E-state index contributed by atoms with van der Waals surface area (Å²) < 4.78 is 5.53. The van der Waals surface area contributed by atoms with Gasteiger partial charge in [-0.1, -0.05) is 0 Å². The van der Waals surface area contributed by atoms with Crippen LogP contribution in [0.5, 0.6) is 5.75 Å². The molecule has 0 aliphatic carbocycles. The number of carbonyl (C=O) groups is 2. The van der Waals surface area contributed by atoms with Crippen LogP contribution in [0.25, 0.3) is 0 Å². The van der Waals surface area contributed by atoms with E-state index in [4.69, 9.17) is 21.6 Å². The van der Waals surface area contributed by atoms with Gasteiger partial charge in [0, 0.05) is 19.2 Å². The molecule has 0 unspecified atom stereocenters.